The second-order valence-corrected chi connectivity index (χ2v) is 5.07. The Balaban J connectivity index is 1.62. The highest BCUT2D eigenvalue weighted by atomic mass is 127. The first-order valence-corrected chi connectivity index (χ1v) is 6.78. The molecule has 0 aliphatic heterocycles. The molecular weight excluding hydrogens is 341 g/mol. The molecule has 0 aliphatic carbocycles. The predicted octanol–water partition coefficient (Wildman–Crippen LogP) is 3.05. The number of hydrogen-bond donors (Lipinski definition) is 2. The number of aromatic amines is 1. The molecule has 0 fully saturated rings. The van der Waals surface area contributed by atoms with Crippen molar-refractivity contribution in [2.75, 3.05) is 0 Å². The number of nitrogens with zero attached hydrogens (tertiary/aromatic N) is 1. The third kappa shape index (κ3) is 2.56. The number of nitrogens with one attached hydrogen (secondary N) is 2. The first-order valence-electron chi connectivity index (χ1n) is 5.70. The van der Waals surface area contributed by atoms with Gasteiger partial charge in [0, 0.05) is 0 Å². The molecule has 2 N–H and O–H groups in total. The normalized spacial score (nSPS) is 11.2. The van der Waals surface area contributed by atoms with E-state index in [9.17, 15) is 0 Å². The predicted molar refractivity (Wildman–Crippen MR) is 78.1 cm³/mol. The molecule has 0 spiro atoms. The van der Waals surface area contributed by atoms with Crippen LogP contribution in [0.5, 0.6) is 0 Å². The van der Waals surface area contributed by atoms with E-state index in [1.807, 2.05) is 36.4 Å². The monoisotopic (exact) mass is 353 g/mol. The molecule has 3 rings (SSSR count). The molecule has 0 saturated heterocycles. The summed E-state index contributed by atoms with van der Waals surface area (Å²) in [5.74, 6) is 1.88. The van der Waals surface area contributed by atoms with Crippen molar-refractivity contribution >= 4 is 33.6 Å². The van der Waals surface area contributed by atoms with Crippen LogP contribution in [0.1, 0.15) is 11.6 Å². The summed E-state index contributed by atoms with van der Waals surface area (Å²) in [6.07, 6.45) is 0. The van der Waals surface area contributed by atoms with Crippen molar-refractivity contribution in [3.05, 3.63) is 51.7 Å². The van der Waals surface area contributed by atoms with E-state index in [-0.39, 0.29) is 0 Å². The van der Waals surface area contributed by atoms with Crippen molar-refractivity contribution < 1.29 is 4.42 Å². The molecule has 0 radical (unpaired) electrons. The van der Waals surface area contributed by atoms with Gasteiger partial charge in [0.15, 0.2) is 3.77 Å². The molecule has 2 heterocycles. The summed E-state index contributed by atoms with van der Waals surface area (Å²) in [6, 6.07) is 12.0. The molecule has 4 nitrogen and oxygen atoms in total. The fourth-order valence-electron chi connectivity index (χ4n) is 1.84. The minimum absolute atomic E-state index is 0.700. The maximum atomic E-state index is 5.47. The number of H-pyrrole nitrogens is 1. The van der Waals surface area contributed by atoms with E-state index in [0.29, 0.717) is 13.1 Å². The second-order valence-electron chi connectivity index (χ2n) is 4.01. The van der Waals surface area contributed by atoms with Gasteiger partial charge in [0.25, 0.3) is 0 Å². The Labute approximate surface area is 118 Å². The largest absolute Gasteiger partial charge is 0.454 e. The maximum absolute atomic E-state index is 5.47. The highest BCUT2D eigenvalue weighted by molar-refractivity contribution is 14.1. The third-order valence-corrected chi connectivity index (χ3v) is 3.24. The average Bonchev–Trinajstić information content (AvgIpc) is 2.95. The Bertz CT molecular complexity index is 626. The molecule has 3 aromatic rings. The molecule has 18 heavy (non-hydrogen) atoms. The van der Waals surface area contributed by atoms with Crippen LogP contribution in [0, 0.1) is 3.77 Å². The van der Waals surface area contributed by atoms with Gasteiger partial charge in [0.1, 0.15) is 11.6 Å². The number of imidazole rings is 1. The van der Waals surface area contributed by atoms with Gasteiger partial charge in [-0.25, -0.2) is 4.98 Å². The zero-order valence-electron chi connectivity index (χ0n) is 9.61. The van der Waals surface area contributed by atoms with Gasteiger partial charge >= 0.3 is 0 Å². The van der Waals surface area contributed by atoms with E-state index in [2.05, 4.69) is 37.9 Å². The summed E-state index contributed by atoms with van der Waals surface area (Å²) in [4.78, 5) is 7.78. The number of aromatic nitrogens is 2. The first kappa shape index (κ1) is 11.7. The van der Waals surface area contributed by atoms with Gasteiger partial charge < -0.3 is 14.7 Å². The molecule has 0 saturated carbocycles. The van der Waals surface area contributed by atoms with Crippen LogP contribution in [-0.2, 0) is 13.1 Å². The lowest BCUT2D eigenvalue weighted by Crippen LogP contribution is -2.13. The fraction of sp³-hybridized carbons (Fsp3) is 0.154. The van der Waals surface area contributed by atoms with Crippen LogP contribution in [0.2, 0.25) is 0 Å². The van der Waals surface area contributed by atoms with E-state index >= 15 is 0 Å². The number of rotatable bonds is 4. The smallest absolute Gasteiger partial charge is 0.164 e. The zero-order valence-corrected chi connectivity index (χ0v) is 11.8. The first-order chi connectivity index (χ1) is 8.81. The van der Waals surface area contributed by atoms with Crippen molar-refractivity contribution in [1.29, 1.82) is 0 Å². The van der Waals surface area contributed by atoms with Gasteiger partial charge in [-0.15, -0.1) is 0 Å². The number of furan rings is 1. The number of benzene rings is 1. The molecule has 0 aliphatic rings. The lowest BCUT2D eigenvalue weighted by atomic mass is 10.3. The van der Waals surface area contributed by atoms with E-state index < -0.39 is 0 Å². The Kier molecular flexibility index (Phi) is 3.33. The zero-order chi connectivity index (χ0) is 12.4. The summed E-state index contributed by atoms with van der Waals surface area (Å²) in [5.41, 5.74) is 2.07. The number of para-hydroxylation sites is 2. The van der Waals surface area contributed by atoms with Gasteiger partial charge in [-0.3, -0.25) is 0 Å². The molecule has 2 aromatic heterocycles. The van der Waals surface area contributed by atoms with E-state index in [1.54, 1.807) is 0 Å². The van der Waals surface area contributed by atoms with Crippen molar-refractivity contribution in [3.8, 4) is 0 Å². The van der Waals surface area contributed by atoms with Gasteiger partial charge in [0.2, 0.25) is 0 Å². The number of hydrogen-bond acceptors (Lipinski definition) is 3. The fourth-order valence-corrected chi connectivity index (χ4v) is 2.30. The van der Waals surface area contributed by atoms with Crippen LogP contribution in [-0.4, -0.2) is 9.97 Å². The Morgan fingerprint density at radius 2 is 2.06 bits per heavy atom. The van der Waals surface area contributed by atoms with Crippen LogP contribution in [0.4, 0.5) is 0 Å². The number of halogens is 1. The molecule has 5 heteroatoms. The minimum atomic E-state index is 0.700. The van der Waals surface area contributed by atoms with E-state index in [4.69, 9.17) is 4.42 Å². The highest BCUT2D eigenvalue weighted by Crippen LogP contribution is 2.11. The van der Waals surface area contributed by atoms with E-state index in [1.165, 1.54) is 0 Å². The topological polar surface area (TPSA) is 53.9 Å². The SMILES string of the molecule is Ic1ccc(CNCc2nc3ccccc3[nH]2)o1. The van der Waals surface area contributed by atoms with Gasteiger partial charge in [-0.2, -0.15) is 0 Å². The molecule has 0 atom stereocenters. The summed E-state index contributed by atoms with van der Waals surface area (Å²) in [5, 5.41) is 3.30. The summed E-state index contributed by atoms with van der Waals surface area (Å²) >= 11 is 2.16. The molecule has 0 amide bonds. The lowest BCUT2D eigenvalue weighted by molar-refractivity contribution is 0.461. The minimum Gasteiger partial charge on any atom is -0.454 e. The highest BCUT2D eigenvalue weighted by Gasteiger charge is 2.02. The lowest BCUT2D eigenvalue weighted by Gasteiger charge is -1.99. The Morgan fingerprint density at radius 3 is 2.83 bits per heavy atom. The molecule has 1 aromatic carbocycles. The quantitative estimate of drug-likeness (QED) is 0.709. The van der Waals surface area contributed by atoms with Crippen molar-refractivity contribution in [2.45, 2.75) is 13.1 Å². The van der Waals surface area contributed by atoms with Crippen LogP contribution < -0.4 is 5.32 Å². The summed E-state index contributed by atoms with van der Waals surface area (Å²) in [7, 11) is 0. The Morgan fingerprint density at radius 1 is 1.17 bits per heavy atom. The van der Waals surface area contributed by atoms with Crippen LogP contribution in [0.3, 0.4) is 0 Å². The number of fused-ring (bicyclic) bond motifs is 1. The maximum Gasteiger partial charge on any atom is 0.164 e. The molecule has 0 bridgehead atoms. The van der Waals surface area contributed by atoms with Gasteiger partial charge in [-0.05, 0) is 46.9 Å². The molecule has 0 unspecified atom stereocenters. The average molecular weight is 353 g/mol. The van der Waals surface area contributed by atoms with Crippen LogP contribution in [0.15, 0.2) is 40.8 Å². The van der Waals surface area contributed by atoms with Crippen molar-refractivity contribution in [3.63, 3.8) is 0 Å². The van der Waals surface area contributed by atoms with Crippen LogP contribution >= 0.6 is 22.6 Å². The van der Waals surface area contributed by atoms with Crippen molar-refractivity contribution in [2.24, 2.45) is 0 Å². The summed E-state index contributed by atoms with van der Waals surface area (Å²) in [6.45, 7) is 1.41. The second kappa shape index (κ2) is 5.11. The van der Waals surface area contributed by atoms with Gasteiger partial charge in [0.05, 0.1) is 24.1 Å². The third-order valence-electron chi connectivity index (χ3n) is 2.66. The van der Waals surface area contributed by atoms with Gasteiger partial charge in [-0.1, -0.05) is 12.1 Å². The Hall–Kier alpha value is -1.34. The van der Waals surface area contributed by atoms with E-state index in [0.717, 1.165) is 26.4 Å². The standard InChI is InChI=1S/C13H12IN3O/c14-12-6-5-9(18-12)7-15-8-13-16-10-3-1-2-4-11(10)17-13/h1-6,15H,7-8H2,(H,16,17). The van der Waals surface area contributed by atoms with Crippen LogP contribution in [0.25, 0.3) is 11.0 Å². The molecular formula is C13H12IN3O. The summed E-state index contributed by atoms with van der Waals surface area (Å²) < 4.78 is 6.38. The molecule has 92 valence electrons. The van der Waals surface area contributed by atoms with Crippen molar-refractivity contribution in [1.82, 2.24) is 15.3 Å².